The van der Waals surface area contributed by atoms with E-state index in [4.69, 9.17) is 5.11 Å². The highest BCUT2D eigenvalue weighted by molar-refractivity contribution is 5.81. The lowest BCUT2D eigenvalue weighted by Crippen LogP contribution is -2.35. The van der Waals surface area contributed by atoms with Gasteiger partial charge in [0.1, 0.15) is 12.4 Å². The fourth-order valence-corrected chi connectivity index (χ4v) is 3.32. The van der Waals surface area contributed by atoms with Crippen LogP contribution in [0.15, 0.2) is 48.5 Å². The second-order valence-electron chi connectivity index (χ2n) is 6.95. The Bertz CT molecular complexity index is 1090. The van der Waals surface area contributed by atoms with Crippen molar-refractivity contribution in [1.29, 1.82) is 0 Å². The number of nitrogens with zero attached hydrogens (tertiary/aromatic N) is 3. The number of aromatic nitrogens is 2. The zero-order valence-electron chi connectivity index (χ0n) is 16.3. The first kappa shape index (κ1) is 22.3. The number of carbonyl (C=O) groups is 2. The first-order chi connectivity index (χ1) is 14.6. The predicted octanol–water partition coefficient (Wildman–Crippen LogP) is 4.09. The van der Waals surface area contributed by atoms with E-state index in [1.807, 2.05) is 0 Å². The molecule has 0 aliphatic carbocycles. The van der Waals surface area contributed by atoms with Gasteiger partial charge >= 0.3 is 12.1 Å². The summed E-state index contributed by atoms with van der Waals surface area (Å²) < 4.78 is 54.5. The Labute approximate surface area is 174 Å². The highest BCUT2D eigenvalue weighted by Crippen LogP contribution is 2.31. The number of carboxylic acid groups (broad SMARTS) is 1. The summed E-state index contributed by atoms with van der Waals surface area (Å²) in [5, 5.41) is 9.08. The van der Waals surface area contributed by atoms with Crippen LogP contribution >= 0.6 is 0 Å². The molecule has 0 saturated heterocycles. The van der Waals surface area contributed by atoms with Gasteiger partial charge in [0.15, 0.2) is 0 Å². The lowest BCUT2D eigenvalue weighted by molar-refractivity contribution is -0.147. The zero-order valence-corrected chi connectivity index (χ0v) is 16.3. The number of halogens is 4. The fraction of sp³-hybridized carbons (Fsp3) is 0.286. The minimum atomic E-state index is -4.66. The second kappa shape index (κ2) is 9.15. The van der Waals surface area contributed by atoms with Crippen molar-refractivity contribution < 1.29 is 32.3 Å². The van der Waals surface area contributed by atoms with E-state index in [0.29, 0.717) is 11.1 Å². The summed E-state index contributed by atoms with van der Waals surface area (Å²) in [6.07, 6.45) is -4.79. The maximum Gasteiger partial charge on any atom is 0.449 e. The van der Waals surface area contributed by atoms with Crippen molar-refractivity contribution in [3.05, 3.63) is 65.7 Å². The molecule has 3 aromatic rings. The minimum Gasteiger partial charge on any atom is -0.480 e. The summed E-state index contributed by atoms with van der Waals surface area (Å²) in [6.45, 7) is -0.843. The molecule has 1 aromatic heterocycles. The van der Waals surface area contributed by atoms with Gasteiger partial charge in [-0.3, -0.25) is 9.59 Å². The van der Waals surface area contributed by atoms with Gasteiger partial charge in [0, 0.05) is 19.5 Å². The third kappa shape index (κ3) is 5.59. The summed E-state index contributed by atoms with van der Waals surface area (Å²) in [5.74, 6) is -3.37. The van der Waals surface area contributed by atoms with E-state index in [1.54, 1.807) is 18.2 Å². The van der Waals surface area contributed by atoms with Crippen LogP contribution in [0.1, 0.15) is 24.2 Å². The van der Waals surface area contributed by atoms with Crippen molar-refractivity contribution in [2.75, 3.05) is 6.54 Å². The van der Waals surface area contributed by atoms with Crippen LogP contribution in [0.4, 0.5) is 17.6 Å². The summed E-state index contributed by atoms with van der Waals surface area (Å²) in [4.78, 5) is 28.4. The molecule has 0 saturated carbocycles. The fourth-order valence-electron chi connectivity index (χ4n) is 3.32. The first-order valence-electron chi connectivity index (χ1n) is 9.41. The SMILES string of the molecule is O=C(O)CN(Cc1cccc(F)c1)C(=O)CCCn1c(C(F)(F)F)nc2ccccc21. The van der Waals surface area contributed by atoms with Crippen molar-refractivity contribution in [3.63, 3.8) is 0 Å². The number of rotatable bonds is 8. The summed E-state index contributed by atoms with van der Waals surface area (Å²) in [7, 11) is 0. The molecule has 0 bridgehead atoms. The lowest BCUT2D eigenvalue weighted by atomic mass is 10.2. The molecule has 0 aliphatic rings. The number of carboxylic acids is 1. The van der Waals surface area contributed by atoms with Crippen molar-refractivity contribution in [3.8, 4) is 0 Å². The molecular weight excluding hydrogens is 418 g/mol. The summed E-state index contributed by atoms with van der Waals surface area (Å²) >= 11 is 0. The topological polar surface area (TPSA) is 75.4 Å². The van der Waals surface area contributed by atoms with Crippen molar-refractivity contribution in [2.45, 2.75) is 32.1 Å². The number of aryl methyl sites for hydroxylation is 1. The summed E-state index contributed by atoms with van der Waals surface area (Å²) in [5.41, 5.74) is 0.902. The third-order valence-electron chi connectivity index (χ3n) is 4.62. The standard InChI is InChI=1S/C21H19F4N3O3/c22-15-6-3-5-14(11-15)12-27(13-19(30)31)18(29)9-4-10-28-17-8-2-1-7-16(17)26-20(28)21(23,24)25/h1-3,5-8,11H,4,9-10,12-13H2,(H,30,31). The smallest absolute Gasteiger partial charge is 0.449 e. The van der Waals surface area contributed by atoms with Crippen LogP contribution in [0.2, 0.25) is 0 Å². The van der Waals surface area contributed by atoms with Crippen LogP contribution in [0.25, 0.3) is 11.0 Å². The number of imidazole rings is 1. The van der Waals surface area contributed by atoms with E-state index in [1.165, 1.54) is 30.3 Å². The quantitative estimate of drug-likeness (QED) is 0.539. The molecule has 0 spiro atoms. The number of para-hydroxylation sites is 2. The average Bonchev–Trinajstić information content (AvgIpc) is 3.06. The number of aliphatic carboxylic acids is 1. The van der Waals surface area contributed by atoms with Crippen LogP contribution in [0, 0.1) is 5.82 Å². The Kier molecular flexibility index (Phi) is 6.57. The number of hydrogen-bond acceptors (Lipinski definition) is 3. The van der Waals surface area contributed by atoms with Gasteiger partial charge in [-0.05, 0) is 36.2 Å². The number of hydrogen-bond donors (Lipinski definition) is 1. The van der Waals surface area contributed by atoms with E-state index in [-0.39, 0.29) is 31.4 Å². The number of amides is 1. The van der Waals surface area contributed by atoms with Crippen molar-refractivity contribution in [1.82, 2.24) is 14.5 Å². The Balaban J connectivity index is 1.72. The highest BCUT2D eigenvalue weighted by Gasteiger charge is 2.37. The van der Waals surface area contributed by atoms with E-state index in [2.05, 4.69) is 4.98 Å². The van der Waals surface area contributed by atoms with Crippen molar-refractivity contribution in [2.24, 2.45) is 0 Å². The van der Waals surface area contributed by atoms with Gasteiger partial charge in [-0.2, -0.15) is 13.2 Å². The predicted molar refractivity (Wildman–Crippen MR) is 103 cm³/mol. The Hall–Kier alpha value is -3.43. The monoisotopic (exact) mass is 437 g/mol. The second-order valence-corrected chi connectivity index (χ2v) is 6.95. The van der Waals surface area contributed by atoms with Gasteiger partial charge in [0.05, 0.1) is 11.0 Å². The van der Waals surface area contributed by atoms with Gasteiger partial charge in [-0.1, -0.05) is 24.3 Å². The molecule has 31 heavy (non-hydrogen) atoms. The van der Waals surface area contributed by atoms with E-state index in [0.717, 1.165) is 9.47 Å². The van der Waals surface area contributed by atoms with E-state index in [9.17, 15) is 27.2 Å². The van der Waals surface area contributed by atoms with Crippen LogP contribution in [-0.2, 0) is 28.9 Å². The largest absolute Gasteiger partial charge is 0.480 e. The Morgan fingerprint density at radius 1 is 1.10 bits per heavy atom. The maximum atomic E-state index is 13.4. The molecule has 1 N–H and O–H groups in total. The minimum absolute atomic E-state index is 0.0432. The zero-order chi connectivity index (χ0) is 22.6. The number of fused-ring (bicyclic) bond motifs is 1. The van der Waals surface area contributed by atoms with E-state index < -0.39 is 36.2 Å². The molecule has 1 amide bonds. The highest BCUT2D eigenvalue weighted by atomic mass is 19.4. The molecule has 0 unspecified atom stereocenters. The number of alkyl halides is 3. The first-order valence-corrected chi connectivity index (χ1v) is 9.41. The van der Waals surface area contributed by atoms with Gasteiger partial charge in [0.2, 0.25) is 11.7 Å². The average molecular weight is 437 g/mol. The molecule has 10 heteroatoms. The van der Waals surface area contributed by atoms with Crippen LogP contribution in [0.5, 0.6) is 0 Å². The maximum absolute atomic E-state index is 13.4. The molecule has 2 aromatic carbocycles. The molecular formula is C21H19F4N3O3. The molecule has 0 radical (unpaired) electrons. The van der Waals surface area contributed by atoms with Crippen LogP contribution in [0.3, 0.4) is 0 Å². The molecule has 3 rings (SSSR count). The molecule has 1 heterocycles. The molecule has 6 nitrogen and oxygen atoms in total. The molecule has 0 fully saturated rings. The van der Waals surface area contributed by atoms with Gasteiger partial charge in [0.25, 0.3) is 0 Å². The Morgan fingerprint density at radius 3 is 2.52 bits per heavy atom. The molecule has 0 atom stereocenters. The summed E-state index contributed by atoms with van der Waals surface area (Å²) in [6, 6.07) is 11.6. The Morgan fingerprint density at radius 2 is 1.84 bits per heavy atom. The normalized spacial score (nSPS) is 11.6. The molecule has 164 valence electrons. The van der Waals surface area contributed by atoms with Gasteiger partial charge < -0.3 is 14.6 Å². The third-order valence-corrected chi connectivity index (χ3v) is 4.62. The van der Waals surface area contributed by atoms with Gasteiger partial charge in [-0.15, -0.1) is 0 Å². The van der Waals surface area contributed by atoms with Crippen LogP contribution in [-0.4, -0.2) is 38.0 Å². The number of carbonyl (C=O) groups excluding carboxylic acids is 1. The molecule has 0 aliphatic heterocycles. The van der Waals surface area contributed by atoms with Crippen LogP contribution < -0.4 is 0 Å². The van der Waals surface area contributed by atoms with Crippen molar-refractivity contribution >= 4 is 22.9 Å². The lowest BCUT2D eigenvalue weighted by Gasteiger charge is -2.21. The van der Waals surface area contributed by atoms with Gasteiger partial charge in [-0.25, -0.2) is 9.37 Å². The van der Waals surface area contributed by atoms with E-state index >= 15 is 0 Å². The number of benzene rings is 2.